The Hall–Kier alpha value is -3.04. The molecule has 1 aromatic heterocycles. The lowest BCUT2D eigenvalue weighted by Gasteiger charge is -2.07. The van der Waals surface area contributed by atoms with E-state index in [1.807, 2.05) is 24.3 Å². The Morgan fingerprint density at radius 3 is 2.83 bits per heavy atom. The van der Waals surface area contributed by atoms with Crippen LogP contribution in [0.1, 0.15) is 5.82 Å². The molecular weight excluding hydrogens is 333 g/mol. The van der Waals surface area contributed by atoms with Gasteiger partial charge in [0.05, 0.1) is 16.1 Å². The number of aromatic nitrogens is 2. The highest BCUT2D eigenvalue weighted by Crippen LogP contribution is 2.23. The zero-order valence-corrected chi connectivity index (χ0v) is 13.0. The minimum Gasteiger partial charge on any atom is -0.507 e. The number of imidazole rings is 1. The fraction of sp³-hybridized carbons (Fsp3) is 0.0588. The molecule has 0 saturated heterocycles. The van der Waals surface area contributed by atoms with Crippen LogP contribution in [0.25, 0.3) is 16.6 Å². The fourth-order valence-corrected chi connectivity index (χ4v) is 2.29. The summed E-state index contributed by atoms with van der Waals surface area (Å²) in [7, 11) is 0. The number of para-hydroxylation sites is 2. The molecule has 0 unspecified atom stereocenters. The van der Waals surface area contributed by atoms with Gasteiger partial charge in [-0.1, -0.05) is 23.7 Å². The van der Waals surface area contributed by atoms with Gasteiger partial charge in [-0.15, -0.1) is 0 Å². The van der Waals surface area contributed by atoms with Crippen LogP contribution >= 0.6 is 11.6 Å². The molecule has 0 amide bonds. The Balaban J connectivity index is 1.84. The summed E-state index contributed by atoms with van der Waals surface area (Å²) < 4.78 is 18.4. The first kappa shape index (κ1) is 15.8. The van der Waals surface area contributed by atoms with Crippen molar-refractivity contribution in [3.8, 4) is 11.8 Å². The molecule has 0 radical (unpaired) electrons. The largest absolute Gasteiger partial charge is 0.507 e. The first-order chi connectivity index (χ1) is 11.6. The summed E-state index contributed by atoms with van der Waals surface area (Å²) in [6.07, 6.45) is 0. The standard InChI is InChI=1S/C17H11ClFN3O2/c18-12-7-10(5-6-13(12)19)24-9-16(23)11(8-20)17-21-14-3-1-2-4-15(14)22-17/h1-7,23H,9H2,(H,21,22)/b16-11-. The summed E-state index contributed by atoms with van der Waals surface area (Å²) >= 11 is 5.66. The number of nitrogens with one attached hydrogen (secondary N) is 1. The number of nitriles is 1. The predicted molar refractivity (Wildman–Crippen MR) is 88.2 cm³/mol. The summed E-state index contributed by atoms with van der Waals surface area (Å²) in [5.74, 6) is -0.340. The highest BCUT2D eigenvalue weighted by Gasteiger charge is 2.14. The average molecular weight is 344 g/mol. The molecule has 2 aromatic carbocycles. The number of nitrogens with zero attached hydrogens (tertiary/aromatic N) is 2. The molecule has 0 fully saturated rings. The summed E-state index contributed by atoms with van der Waals surface area (Å²) in [4.78, 5) is 7.23. The van der Waals surface area contributed by atoms with Crippen LogP contribution in [-0.2, 0) is 0 Å². The topological polar surface area (TPSA) is 81.9 Å². The molecule has 2 N–H and O–H groups in total. The molecule has 0 aliphatic heterocycles. The van der Waals surface area contributed by atoms with Crippen molar-refractivity contribution in [1.29, 1.82) is 5.26 Å². The van der Waals surface area contributed by atoms with Crippen molar-refractivity contribution in [3.05, 3.63) is 64.9 Å². The van der Waals surface area contributed by atoms with Crippen molar-refractivity contribution in [3.63, 3.8) is 0 Å². The number of hydrogen-bond acceptors (Lipinski definition) is 4. The number of fused-ring (bicyclic) bond motifs is 1. The normalized spacial score (nSPS) is 11.9. The van der Waals surface area contributed by atoms with Crippen LogP contribution < -0.4 is 4.74 Å². The van der Waals surface area contributed by atoms with Gasteiger partial charge in [0.1, 0.15) is 29.8 Å². The Morgan fingerprint density at radius 1 is 1.33 bits per heavy atom. The molecule has 5 nitrogen and oxygen atoms in total. The van der Waals surface area contributed by atoms with E-state index in [0.717, 1.165) is 11.6 Å². The maximum atomic E-state index is 13.1. The van der Waals surface area contributed by atoms with Gasteiger partial charge in [0.2, 0.25) is 0 Å². The van der Waals surface area contributed by atoms with Crippen LogP contribution in [-0.4, -0.2) is 21.7 Å². The van der Waals surface area contributed by atoms with Gasteiger partial charge in [-0.3, -0.25) is 0 Å². The van der Waals surface area contributed by atoms with E-state index in [1.165, 1.54) is 12.1 Å². The molecule has 24 heavy (non-hydrogen) atoms. The molecule has 3 rings (SSSR count). The average Bonchev–Trinajstić information content (AvgIpc) is 3.00. The summed E-state index contributed by atoms with van der Waals surface area (Å²) in [6, 6.07) is 13.0. The van der Waals surface area contributed by atoms with E-state index in [9.17, 15) is 14.8 Å². The van der Waals surface area contributed by atoms with Crippen LogP contribution in [0.4, 0.5) is 4.39 Å². The van der Waals surface area contributed by atoms with Crippen LogP contribution in [0.15, 0.2) is 48.2 Å². The third kappa shape index (κ3) is 3.16. The zero-order chi connectivity index (χ0) is 17.1. The lowest BCUT2D eigenvalue weighted by Crippen LogP contribution is -2.04. The second-order valence-electron chi connectivity index (χ2n) is 4.90. The third-order valence-electron chi connectivity index (χ3n) is 3.29. The van der Waals surface area contributed by atoms with Crippen molar-refractivity contribution in [2.45, 2.75) is 0 Å². The third-order valence-corrected chi connectivity index (χ3v) is 3.58. The monoisotopic (exact) mass is 343 g/mol. The fourth-order valence-electron chi connectivity index (χ4n) is 2.12. The number of hydrogen-bond donors (Lipinski definition) is 2. The molecule has 0 aliphatic rings. The van der Waals surface area contributed by atoms with Gasteiger partial charge in [-0.2, -0.15) is 5.26 Å². The van der Waals surface area contributed by atoms with Crippen molar-refractivity contribution >= 4 is 28.2 Å². The van der Waals surface area contributed by atoms with Gasteiger partial charge in [-0.05, 0) is 24.3 Å². The van der Waals surface area contributed by atoms with E-state index in [0.29, 0.717) is 5.52 Å². The number of aliphatic hydroxyl groups is 1. The minimum absolute atomic E-state index is 0.0283. The molecular formula is C17H11ClFN3O2. The van der Waals surface area contributed by atoms with Gasteiger partial charge >= 0.3 is 0 Å². The van der Waals surface area contributed by atoms with Crippen molar-refractivity contribution < 1.29 is 14.2 Å². The van der Waals surface area contributed by atoms with E-state index in [4.69, 9.17) is 16.3 Å². The first-order valence-electron chi connectivity index (χ1n) is 6.93. The van der Waals surface area contributed by atoms with E-state index in [1.54, 1.807) is 6.07 Å². The number of aromatic amines is 1. The molecule has 0 saturated carbocycles. The van der Waals surface area contributed by atoms with Gasteiger partial charge in [0, 0.05) is 6.07 Å². The molecule has 1 heterocycles. The highest BCUT2D eigenvalue weighted by molar-refractivity contribution is 6.30. The van der Waals surface area contributed by atoms with Gasteiger partial charge in [0.25, 0.3) is 0 Å². The van der Waals surface area contributed by atoms with Crippen molar-refractivity contribution in [1.82, 2.24) is 9.97 Å². The lowest BCUT2D eigenvalue weighted by molar-refractivity contribution is 0.272. The zero-order valence-electron chi connectivity index (χ0n) is 12.3. The van der Waals surface area contributed by atoms with Crippen molar-refractivity contribution in [2.24, 2.45) is 0 Å². The predicted octanol–water partition coefficient (Wildman–Crippen LogP) is 4.23. The number of halogens is 2. The molecule has 3 aromatic rings. The lowest BCUT2D eigenvalue weighted by atomic mass is 10.2. The van der Waals surface area contributed by atoms with Gasteiger partial charge < -0.3 is 14.8 Å². The molecule has 0 bridgehead atoms. The van der Waals surface area contributed by atoms with Crippen LogP contribution in [0, 0.1) is 17.1 Å². The summed E-state index contributed by atoms with van der Waals surface area (Å²) in [6.45, 7) is -0.276. The van der Waals surface area contributed by atoms with Crippen LogP contribution in [0.5, 0.6) is 5.75 Å². The maximum absolute atomic E-state index is 13.1. The number of benzene rings is 2. The first-order valence-corrected chi connectivity index (χ1v) is 7.31. The smallest absolute Gasteiger partial charge is 0.152 e. The molecule has 0 atom stereocenters. The quantitative estimate of drug-likeness (QED) is 0.548. The second-order valence-corrected chi connectivity index (χ2v) is 5.31. The molecule has 0 aliphatic carbocycles. The van der Waals surface area contributed by atoms with E-state index in [2.05, 4.69) is 9.97 Å². The number of allylic oxidation sites excluding steroid dienone is 1. The van der Waals surface area contributed by atoms with Gasteiger partial charge in [0.15, 0.2) is 11.6 Å². The Kier molecular flexibility index (Phi) is 4.36. The molecule has 0 spiro atoms. The Bertz CT molecular complexity index is 942. The van der Waals surface area contributed by atoms with E-state index < -0.39 is 5.82 Å². The summed E-state index contributed by atoms with van der Waals surface area (Å²) in [5, 5.41) is 19.3. The summed E-state index contributed by atoms with van der Waals surface area (Å²) in [5.41, 5.74) is 1.40. The van der Waals surface area contributed by atoms with E-state index in [-0.39, 0.29) is 34.5 Å². The maximum Gasteiger partial charge on any atom is 0.152 e. The SMILES string of the molecule is N#C/C(=C(/O)COc1ccc(F)c(Cl)c1)c1nc2ccccc2[nH]1. The Morgan fingerprint density at radius 2 is 2.12 bits per heavy atom. The van der Waals surface area contributed by atoms with Crippen LogP contribution in [0.2, 0.25) is 5.02 Å². The highest BCUT2D eigenvalue weighted by atomic mass is 35.5. The number of ether oxygens (including phenoxy) is 1. The Labute approximate surface area is 141 Å². The number of aliphatic hydroxyl groups excluding tert-OH is 1. The molecule has 7 heteroatoms. The van der Waals surface area contributed by atoms with Crippen molar-refractivity contribution in [2.75, 3.05) is 6.61 Å². The van der Waals surface area contributed by atoms with Crippen LogP contribution in [0.3, 0.4) is 0 Å². The van der Waals surface area contributed by atoms with Gasteiger partial charge in [-0.25, -0.2) is 9.37 Å². The number of rotatable bonds is 4. The second kappa shape index (κ2) is 6.60. The molecule has 120 valence electrons. The minimum atomic E-state index is -0.566. The number of H-pyrrole nitrogens is 1. The van der Waals surface area contributed by atoms with E-state index >= 15 is 0 Å².